The van der Waals surface area contributed by atoms with Crippen LogP contribution in [0.4, 0.5) is 5.69 Å². The first-order valence-electron chi connectivity index (χ1n) is 10.2. The number of halogens is 2. The maximum atomic E-state index is 12.6. The van der Waals surface area contributed by atoms with Gasteiger partial charge in [0.1, 0.15) is 6.54 Å². The fourth-order valence-electron chi connectivity index (χ4n) is 3.45. The third kappa shape index (κ3) is 10.1. The zero-order valence-corrected chi connectivity index (χ0v) is 19.3. The van der Waals surface area contributed by atoms with Crippen molar-refractivity contribution in [2.24, 2.45) is 0 Å². The Morgan fingerprint density at radius 2 is 1.45 bits per heavy atom. The molecule has 4 nitrogen and oxygen atoms in total. The number of rotatable bonds is 11. The summed E-state index contributed by atoms with van der Waals surface area (Å²) in [5.41, 5.74) is 3.29. The summed E-state index contributed by atoms with van der Waals surface area (Å²) in [5.74, 6) is 0.0883. The highest BCUT2D eigenvalue weighted by Crippen LogP contribution is 2.12. The fraction of sp³-hybridized carbons (Fsp3) is 0.435. The van der Waals surface area contributed by atoms with Crippen LogP contribution in [0.1, 0.15) is 31.4 Å². The molecule has 0 aliphatic carbocycles. The van der Waals surface area contributed by atoms with Gasteiger partial charge in [0.2, 0.25) is 0 Å². The number of quaternary nitrogens is 2. The van der Waals surface area contributed by atoms with Crippen molar-refractivity contribution in [2.45, 2.75) is 33.7 Å². The van der Waals surface area contributed by atoms with Gasteiger partial charge in [-0.05, 0) is 32.4 Å². The number of carbonyl (C=O) groups is 1. The van der Waals surface area contributed by atoms with Crippen LogP contribution in [0.2, 0.25) is 0 Å². The van der Waals surface area contributed by atoms with Gasteiger partial charge in [0.25, 0.3) is 5.91 Å². The second-order valence-corrected chi connectivity index (χ2v) is 7.26. The number of aryl methyl sites for hydroxylation is 1. The van der Waals surface area contributed by atoms with Crippen LogP contribution in [0.5, 0.6) is 0 Å². The molecule has 3 N–H and O–H groups in total. The molecular weight excluding hydrogens is 405 g/mol. The number of nitrogens with one attached hydrogen (secondary N) is 3. The molecule has 0 aliphatic heterocycles. The van der Waals surface area contributed by atoms with E-state index in [2.05, 4.69) is 43.4 Å². The van der Waals surface area contributed by atoms with Crippen LogP contribution >= 0.6 is 0 Å². The molecule has 0 heterocycles. The van der Waals surface area contributed by atoms with E-state index in [9.17, 15) is 4.79 Å². The summed E-state index contributed by atoms with van der Waals surface area (Å²) in [6, 6.07) is 18.4. The number of benzene rings is 2. The lowest BCUT2D eigenvalue weighted by molar-refractivity contribution is -0.921. The predicted octanol–water partition coefficient (Wildman–Crippen LogP) is -4.66. The van der Waals surface area contributed by atoms with Crippen LogP contribution in [0, 0.1) is 6.92 Å². The van der Waals surface area contributed by atoms with E-state index in [1.165, 1.54) is 17.0 Å². The number of hydrogen-bond acceptors (Lipinski definition) is 1. The average Bonchev–Trinajstić information content (AvgIpc) is 2.68. The Bertz CT molecular complexity index is 694. The van der Waals surface area contributed by atoms with E-state index in [0.717, 1.165) is 43.9 Å². The van der Waals surface area contributed by atoms with Gasteiger partial charge in [-0.15, -0.1) is 0 Å². The van der Waals surface area contributed by atoms with Gasteiger partial charge >= 0.3 is 0 Å². The topological polar surface area (TPSA) is 38.0 Å². The third-order valence-corrected chi connectivity index (χ3v) is 5.19. The van der Waals surface area contributed by atoms with E-state index in [4.69, 9.17) is 0 Å². The molecule has 0 bridgehead atoms. The quantitative estimate of drug-likeness (QED) is 0.323. The molecule has 1 atom stereocenters. The van der Waals surface area contributed by atoms with Gasteiger partial charge in [-0.25, -0.2) is 0 Å². The zero-order valence-electron chi connectivity index (χ0n) is 17.8. The lowest BCUT2D eigenvalue weighted by atomic mass is 10.2. The van der Waals surface area contributed by atoms with Crippen molar-refractivity contribution < 1.29 is 39.4 Å². The summed E-state index contributed by atoms with van der Waals surface area (Å²) in [5, 5.41) is 3.08. The van der Waals surface area contributed by atoms with Crippen molar-refractivity contribution in [2.75, 3.05) is 38.0 Å². The molecule has 0 aromatic heterocycles. The molecule has 2 aromatic rings. The Labute approximate surface area is 188 Å². The number of para-hydroxylation sites is 1. The third-order valence-electron chi connectivity index (χ3n) is 5.19. The first-order valence-corrected chi connectivity index (χ1v) is 10.2. The smallest absolute Gasteiger partial charge is 0.279 e. The Kier molecular flexibility index (Phi) is 14.4. The highest BCUT2D eigenvalue weighted by atomic mass is 35.5. The van der Waals surface area contributed by atoms with Crippen molar-refractivity contribution in [1.82, 2.24) is 0 Å². The van der Waals surface area contributed by atoms with Crippen LogP contribution in [0.3, 0.4) is 0 Å². The summed E-state index contributed by atoms with van der Waals surface area (Å²) >= 11 is 0. The molecule has 29 heavy (non-hydrogen) atoms. The predicted molar refractivity (Wildman–Crippen MR) is 112 cm³/mol. The minimum atomic E-state index is 0. The largest absolute Gasteiger partial charge is 1.00 e. The SMILES string of the molecule is CC[NH+](CC)CCC[NH+](CC(=O)Nc1ccccc1C)Cc1ccccc1.[Cl-].[Cl-]. The molecule has 1 amide bonds. The summed E-state index contributed by atoms with van der Waals surface area (Å²) in [6.45, 7) is 12.4. The molecule has 0 saturated carbocycles. The van der Waals surface area contributed by atoms with Crippen LogP contribution in [-0.2, 0) is 11.3 Å². The standard InChI is InChI=1S/C23H33N3O.2ClH/c1-4-25(5-2)16-11-17-26(18-21-13-7-6-8-14-21)19-23(27)24-22-15-10-9-12-20(22)3;;/h6-10,12-15H,4-5,11,16-19H2,1-3H3,(H,24,27);2*1H. The second kappa shape index (κ2) is 15.3. The van der Waals surface area contributed by atoms with Crippen LogP contribution in [-0.4, -0.2) is 38.6 Å². The lowest BCUT2D eigenvalue weighted by Crippen LogP contribution is -3.14. The summed E-state index contributed by atoms with van der Waals surface area (Å²) in [7, 11) is 0. The summed E-state index contributed by atoms with van der Waals surface area (Å²) < 4.78 is 0. The first-order chi connectivity index (χ1) is 13.1. The second-order valence-electron chi connectivity index (χ2n) is 7.26. The summed E-state index contributed by atoms with van der Waals surface area (Å²) in [4.78, 5) is 15.6. The fourth-order valence-corrected chi connectivity index (χ4v) is 3.45. The molecule has 2 rings (SSSR count). The molecule has 2 aromatic carbocycles. The maximum Gasteiger partial charge on any atom is 0.279 e. The van der Waals surface area contributed by atoms with E-state index in [1.807, 2.05) is 37.3 Å². The number of anilines is 1. The molecule has 162 valence electrons. The highest BCUT2D eigenvalue weighted by Gasteiger charge is 2.16. The Hall–Kier alpha value is -1.59. The summed E-state index contributed by atoms with van der Waals surface area (Å²) in [6.07, 6.45) is 1.14. The molecule has 0 radical (unpaired) electrons. The van der Waals surface area contributed by atoms with Crippen LogP contribution in [0.25, 0.3) is 0 Å². The molecule has 6 heteroatoms. The Balaban J connectivity index is 0.00000392. The molecular formula is C23H35Cl2N3O. The van der Waals surface area contributed by atoms with Crippen molar-refractivity contribution in [3.8, 4) is 0 Å². The highest BCUT2D eigenvalue weighted by molar-refractivity contribution is 5.92. The molecule has 0 aliphatic rings. The van der Waals surface area contributed by atoms with Crippen molar-refractivity contribution in [3.63, 3.8) is 0 Å². The normalized spacial score (nSPS) is 11.3. The zero-order chi connectivity index (χ0) is 19.5. The first kappa shape index (κ1) is 27.4. The van der Waals surface area contributed by atoms with Gasteiger partial charge in [0, 0.05) is 17.7 Å². The number of carbonyl (C=O) groups excluding carboxylic acids is 1. The van der Waals surface area contributed by atoms with Gasteiger partial charge in [0.15, 0.2) is 6.54 Å². The average molecular weight is 440 g/mol. The van der Waals surface area contributed by atoms with Crippen LogP contribution in [0.15, 0.2) is 54.6 Å². The van der Waals surface area contributed by atoms with E-state index in [0.29, 0.717) is 6.54 Å². The molecule has 0 spiro atoms. The maximum absolute atomic E-state index is 12.6. The van der Waals surface area contributed by atoms with E-state index in [-0.39, 0.29) is 30.7 Å². The number of hydrogen-bond donors (Lipinski definition) is 3. The van der Waals surface area contributed by atoms with E-state index >= 15 is 0 Å². The van der Waals surface area contributed by atoms with Crippen molar-refractivity contribution in [1.29, 1.82) is 0 Å². The minimum Gasteiger partial charge on any atom is -1.00 e. The minimum absolute atomic E-state index is 0. The molecule has 1 unspecified atom stereocenters. The van der Waals surface area contributed by atoms with Crippen molar-refractivity contribution >= 4 is 11.6 Å². The molecule has 0 saturated heterocycles. The van der Waals surface area contributed by atoms with Gasteiger partial charge in [-0.2, -0.15) is 0 Å². The Morgan fingerprint density at radius 3 is 2.07 bits per heavy atom. The monoisotopic (exact) mass is 439 g/mol. The van der Waals surface area contributed by atoms with E-state index < -0.39 is 0 Å². The number of amides is 1. The van der Waals surface area contributed by atoms with Gasteiger partial charge in [-0.3, -0.25) is 4.79 Å². The van der Waals surface area contributed by atoms with E-state index in [1.54, 1.807) is 4.90 Å². The molecule has 0 fully saturated rings. The van der Waals surface area contributed by atoms with Gasteiger partial charge in [0.05, 0.1) is 26.2 Å². The van der Waals surface area contributed by atoms with Gasteiger partial charge < -0.3 is 39.9 Å². The van der Waals surface area contributed by atoms with Crippen LogP contribution < -0.4 is 39.9 Å². The van der Waals surface area contributed by atoms with Crippen molar-refractivity contribution in [3.05, 3.63) is 65.7 Å². The lowest BCUT2D eigenvalue weighted by Gasteiger charge is -2.21. The van der Waals surface area contributed by atoms with Gasteiger partial charge in [-0.1, -0.05) is 48.5 Å². The Morgan fingerprint density at radius 1 is 0.862 bits per heavy atom.